The van der Waals surface area contributed by atoms with Gasteiger partial charge in [-0.2, -0.15) is 0 Å². The number of hydrogen-bond donors (Lipinski definition) is 1. The molecule has 2 aromatic heterocycles. The lowest BCUT2D eigenvalue weighted by Crippen LogP contribution is -2.14. The van der Waals surface area contributed by atoms with E-state index >= 15 is 0 Å². The molecule has 7 heteroatoms. The summed E-state index contributed by atoms with van der Waals surface area (Å²) in [5.74, 6) is 0.882. The van der Waals surface area contributed by atoms with Crippen LogP contribution in [-0.4, -0.2) is 30.5 Å². The number of anilines is 1. The van der Waals surface area contributed by atoms with Crippen LogP contribution in [0.3, 0.4) is 0 Å². The number of rotatable bonds is 4. The Morgan fingerprint density at radius 3 is 2.68 bits per heavy atom. The van der Waals surface area contributed by atoms with Gasteiger partial charge in [0.25, 0.3) is 5.91 Å². The number of nitrogens with zero attached hydrogens (tertiary/aromatic N) is 5. The Hall–Kier alpha value is -3.74. The molecule has 0 atom stereocenters. The highest BCUT2D eigenvalue weighted by Gasteiger charge is 2.18. The van der Waals surface area contributed by atoms with Crippen LogP contribution in [0.5, 0.6) is 0 Å². The van der Waals surface area contributed by atoms with E-state index in [0.717, 1.165) is 41.3 Å². The number of benzene rings is 2. The quantitative estimate of drug-likeness (QED) is 0.541. The van der Waals surface area contributed by atoms with Gasteiger partial charge < -0.3 is 9.88 Å². The molecule has 156 valence electrons. The predicted molar refractivity (Wildman–Crippen MR) is 119 cm³/mol. The zero-order chi connectivity index (χ0) is 21.4. The molecule has 4 aromatic rings. The Morgan fingerprint density at radius 1 is 1.06 bits per heavy atom. The molecule has 7 nitrogen and oxygen atoms in total. The highest BCUT2D eigenvalue weighted by molar-refractivity contribution is 6.03. The van der Waals surface area contributed by atoms with Crippen molar-refractivity contribution in [2.24, 2.45) is 0 Å². The number of aryl methyl sites for hydroxylation is 3. The molecule has 2 aromatic carbocycles. The number of nitrogens with one attached hydrogen (secondary N) is 1. The number of carbonyl (C=O) groups excluding carboxylic acids is 1. The topological polar surface area (TPSA) is 77.6 Å². The summed E-state index contributed by atoms with van der Waals surface area (Å²) in [6.45, 7) is 4.91. The Labute approximate surface area is 180 Å². The molecule has 1 aliphatic rings. The summed E-state index contributed by atoms with van der Waals surface area (Å²) in [7, 11) is 0. The minimum atomic E-state index is -0.276. The van der Waals surface area contributed by atoms with Gasteiger partial charge in [-0.15, -0.1) is 5.10 Å². The summed E-state index contributed by atoms with van der Waals surface area (Å²) < 4.78 is 3.93. The number of carbonyl (C=O) groups is 1. The third kappa shape index (κ3) is 3.74. The highest BCUT2D eigenvalue weighted by Crippen LogP contribution is 2.24. The molecule has 0 saturated carbocycles. The molecule has 0 spiro atoms. The van der Waals surface area contributed by atoms with Crippen LogP contribution < -0.4 is 5.32 Å². The van der Waals surface area contributed by atoms with E-state index in [4.69, 9.17) is 4.98 Å². The third-order valence-corrected chi connectivity index (χ3v) is 5.70. The molecule has 0 saturated heterocycles. The Morgan fingerprint density at radius 2 is 1.90 bits per heavy atom. The highest BCUT2D eigenvalue weighted by atomic mass is 16.2. The molecule has 1 N–H and O–H groups in total. The monoisotopic (exact) mass is 412 g/mol. The minimum absolute atomic E-state index is 0.276. The maximum atomic E-state index is 12.8. The number of aromatic nitrogens is 5. The fourth-order valence-electron chi connectivity index (χ4n) is 4.01. The maximum Gasteiger partial charge on any atom is 0.278 e. The lowest BCUT2D eigenvalue weighted by molar-refractivity contribution is 0.102. The Bertz CT molecular complexity index is 1230. The summed E-state index contributed by atoms with van der Waals surface area (Å²) in [5.41, 5.74) is 5.75. The van der Waals surface area contributed by atoms with Crippen molar-refractivity contribution >= 4 is 11.6 Å². The van der Waals surface area contributed by atoms with Gasteiger partial charge in [0.1, 0.15) is 5.82 Å². The second-order valence-electron chi connectivity index (χ2n) is 8.00. The zero-order valence-electron chi connectivity index (χ0n) is 17.7. The maximum absolute atomic E-state index is 12.8. The van der Waals surface area contributed by atoms with Crippen molar-refractivity contribution in [3.63, 3.8) is 0 Å². The van der Waals surface area contributed by atoms with Crippen LogP contribution in [0.15, 0.2) is 54.7 Å². The molecule has 0 radical (unpaired) electrons. The smallest absolute Gasteiger partial charge is 0.278 e. The van der Waals surface area contributed by atoms with Crippen molar-refractivity contribution in [3.8, 4) is 16.9 Å². The lowest BCUT2D eigenvalue weighted by Gasteiger charge is -2.11. The summed E-state index contributed by atoms with van der Waals surface area (Å²) >= 11 is 0. The molecule has 5 rings (SSSR count). The molecule has 0 fully saturated rings. The van der Waals surface area contributed by atoms with Crippen molar-refractivity contribution < 1.29 is 4.79 Å². The molecular formula is C24H24N6O. The van der Waals surface area contributed by atoms with Crippen LogP contribution >= 0.6 is 0 Å². The summed E-state index contributed by atoms with van der Waals surface area (Å²) in [6.07, 6.45) is 5.57. The van der Waals surface area contributed by atoms with Crippen LogP contribution in [-0.2, 0) is 13.0 Å². The number of amides is 1. The van der Waals surface area contributed by atoms with E-state index in [2.05, 4.69) is 26.4 Å². The fraction of sp³-hybridized carbons (Fsp3) is 0.250. The van der Waals surface area contributed by atoms with Crippen LogP contribution in [0.4, 0.5) is 5.69 Å². The average molecular weight is 412 g/mol. The van der Waals surface area contributed by atoms with E-state index < -0.39 is 0 Å². The normalized spacial score (nSPS) is 13.1. The molecule has 1 aliphatic heterocycles. The van der Waals surface area contributed by atoms with Gasteiger partial charge in [0.05, 0.1) is 17.1 Å². The van der Waals surface area contributed by atoms with Gasteiger partial charge in [-0.05, 0) is 56.5 Å². The molecule has 31 heavy (non-hydrogen) atoms. The van der Waals surface area contributed by atoms with Crippen molar-refractivity contribution in [1.29, 1.82) is 0 Å². The molecular weight excluding hydrogens is 388 g/mol. The Kier molecular flexibility index (Phi) is 4.86. The summed E-state index contributed by atoms with van der Waals surface area (Å²) in [6, 6.07) is 15.7. The van der Waals surface area contributed by atoms with Gasteiger partial charge in [0.2, 0.25) is 0 Å². The van der Waals surface area contributed by atoms with Gasteiger partial charge in [-0.3, -0.25) is 4.79 Å². The lowest BCUT2D eigenvalue weighted by atomic mass is 10.1. The third-order valence-electron chi connectivity index (χ3n) is 5.70. The first kappa shape index (κ1) is 19.2. The molecule has 0 bridgehead atoms. The van der Waals surface area contributed by atoms with Gasteiger partial charge in [-0.25, -0.2) is 9.67 Å². The van der Waals surface area contributed by atoms with E-state index in [0.29, 0.717) is 17.1 Å². The van der Waals surface area contributed by atoms with Crippen LogP contribution in [0.1, 0.15) is 40.4 Å². The first-order valence-corrected chi connectivity index (χ1v) is 10.6. The standard InChI is InChI=1S/C24H24N6O/c1-16-6-5-7-20(14-16)30-17(2)23(27-28-30)24(31)25-19-11-9-18(10-12-19)21-15-29-13-4-3-8-22(29)26-21/h5-7,9-12,14-15H,3-4,8,13H2,1-2H3,(H,25,31). The van der Waals surface area contributed by atoms with E-state index in [-0.39, 0.29) is 5.91 Å². The molecule has 3 heterocycles. The van der Waals surface area contributed by atoms with Crippen molar-refractivity contribution in [2.75, 3.05) is 5.32 Å². The van der Waals surface area contributed by atoms with Crippen LogP contribution in [0.25, 0.3) is 16.9 Å². The van der Waals surface area contributed by atoms with E-state index in [1.54, 1.807) is 4.68 Å². The largest absolute Gasteiger partial charge is 0.334 e. The molecule has 1 amide bonds. The zero-order valence-corrected chi connectivity index (χ0v) is 17.7. The first-order chi connectivity index (χ1) is 15.1. The SMILES string of the molecule is Cc1cccc(-n2nnc(C(=O)Nc3ccc(-c4cn5c(n4)CCCC5)cc3)c2C)c1. The second-order valence-corrected chi connectivity index (χ2v) is 8.00. The number of imidazole rings is 1. The first-order valence-electron chi connectivity index (χ1n) is 10.6. The van der Waals surface area contributed by atoms with Crippen molar-refractivity contribution in [2.45, 2.75) is 39.7 Å². The Balaban J connectivity index is 1.32. The number of fused-ring (bicyclic) bond motifs is 1. The summed E-state index contributed by atoms with van der Waals surface area (Å²) in [4.78, 5) is 17.6. The molecule has 0 unspecified atom stereocenters. The van der Waals surface area contributed by atoms with Crippen LogP contribution in [0.2, 0.25) is 0 Å². The van der Waals surface area contributed by atoms with E-state index in [1.165, 1.54) is 12.8 Å². The van der Waals surface area contributed by atoms with E-state index in [1.807, 2.05) is 62.4 Å². The summed E-state index contributed by atoms with van der Waals surface area (Å²) in [5, 5.41) is 11.2. The predicted octanol–water partition coefficient (Wildman–Crippen LogP) is 4.34. The van der Waals surface area contributed by atoms with E-state index in [9.17, 15) is 4.79 Å². The average Bonchev–Trinajstić information content (AvgIpc) is 3.38. The van der Waals surface area contributed by atoms with Crippen molar-refractivity contribution in [3.05, 3.63) is 77.5 Å². The van der Waals surface area contributed by atoms with Gasteiger partial charge >= 0.3 is 0 Å². The fourth-order valence-corrected chi connectivity index (χ4v) is 4.01. The van der Waals surface area contributed by atoms with Crippen molar-refractivity contribution in [1.82, 2.24) is 24.5 Å². The number of hydrogen-bond acceptors (Lipinski definition) is 4. The van der Waals surface area contributed by atoms with Gasteiger partial charge in [0, 0.05) is 30.4 Å². The van der Waals surface area contributed by atoms with Gasteiger partial charge in [0.15, 0.2) is 5.69 Å². The second kappa shape index (κ2) is 7.83. The minimum Gasteiger partial charge on any atom is -0.334 e. The van der Waals surface area contributed by atoms with Gasteiger partial charge in [-0.1, -0.05) is 29.5 Å². The van der Waals surface area contributed by atoms with Crippen LogP contribution in [0, 0.1) is 13.8 Å². The molecule has 0 aliphatic carbocycles.